The van der Waals surface area contributed by atoms with Crippen LogP contribution in [0.1, 0.15) is 45.4 Å². The Kier molecular flexibility index (Phi) is 5.62. The minimum absolute atomic E-state index is 0.0434. The van der Waals surface area contributed by atoms with Crippen molar-refractivity contribution in [3.05, 3.63) is 0 Å². The molecule has 1 aliphatic carbocycles. The van der Waals surface area contributed by atoms with E-state index in [2.05, 4.69) is 5.32 Å². The summed E-state index contributed by atoms with van der Waals surface area (Å²) in [6.07, 6.45) is 4.61. The second kappa shape index (κ2) is 7.07. The van der Waals surface area contributed by atoms with Gasteiger partial charge in [0.15, 0.2) is 0 Å². The lowest BCUT2D eigenvalue weighted by atomic mass is 10.0. The Morgan fingerprint density at radius 3 is 2.43 bits per heavy atom. The first-order valence-corrected chi connectivity index (χ1v) is 9.57. The molecule has 2 fully saturated rings. The summed E-state index contributed by atoms with van der Waals surface area (Å²) in [6, 6.07) is 0.254. The molecular weight excluding hydrogens is 290 g/mol. The number of hydrogen-bond donors (Lipinski definition) is 2. The fourth-order valence-electron chi connectivity index (χ4n) is 3.24. The molecular formula is C14H27N3O3S. The number of carbonyl (C=O) groups is 1. The van der Waals surface area contributed by atoms with Crippen molar-refractivity contribution in [3.63, 3.8) is 0 Å². The minimum Gasteiger partial charge on any atom is -0.353 e. The Morgan fingerprint density at radius 2 is 1.90 bits per heavy atom. The molecule has 122 valence electrons. The topological polar surface area (TPSA) is 92.5 Å². The quantitative estimate of drug-likeness (QED) is 0.769. The largest absolute Gasteiger partial charge is 0.353 e. The molecule has 0 bridgehead atoms. The summed E-state index contributed by atoms with van der Waals surface area (Å²) < 4.78 is 25.5. The van der Waals surface area contributed by atoms with Gasteiger partial charge in [0.2, 0.25) is 15.9 Å². The van der Waals surface area contributed by atoms with Crippen LogP contribution in [0, 0.1) is 5.92 Å². The SMILES string of the molecule is CCCS(=O)(=O)N1CCC(NC(=O)C2CCC(N)C2)CC1. The second-order valence-electron chi connectivity index (χ2n) is 6.27. The fraction of sp³-hybridized carbons (Fsp3) is 0.929. The average Bonchev–Trinajstić information content (AvgIpc) is 2.86. The van der Waals surface area contributed by atoms with Crippen LogP contribution in [0.4, 0.5) is 0 Å². The van der Waals surface area contributed by atoms with Gasteiger partial charge in [-0.3, -0.25) is 4.79 Å². The van der Waals surface area contributed by atoms with Crippen LogP contribution in [0.3, 0.4) is 0 Å². The molecule has 6 nitrogen and oxygen atoms in total. The zero-order chi connectivity index (χ0) is 15.5. The van der Waals surface area contributed by atoms with E-state index < -0.39 is 10.0 Å². The first kappa shape index (κ1) is 16.7. The molecule has 0 aromatic rings. The van der Waals surface area contributed by atoms with E-state index in [0.29, 0.717) is 32.4 Å². The first-order valence-electron chi connectivity index (χ1n) is 7.96. The lowest BCUT2D eigenvalue weighted by Gasteiger charge is -2.32. The molecule has 1 saturated carbocycles. The molecule has 0 aromatic heterocycles. The standard InChI is InChI=1S/C14H27N3O3S/c1-2-9-21(19,20)17-7-5-13(6-8-17)16-14(18)11-3-4-12(15)10-11/h11-13H,2-10,15H2,1H3,(H,16,18). The van der Waals surface area contributed by atoms with Crippen LogP contribution in [-0.4, -0.2) is 49.6 Å². The highest BCUT2D eigenvalue weighted by Gasteiger charge is 2.31. The molecule has 3 N–H and O–H groups in total. The fourth-order valence-corrected chi connectivity index (χ4v) is 4.78. The van der Waals surface area contributed by atoms with Crippen LogP contribution in [0.25, 0.3) is 0 Å². The van der Waals surface area contributed by atoms with Crippen LogP contribution >= 0.6 is 0 Å². The van der Waals surface area contributed by atoms with E-state index in [1.165, 1.54) is 0 Å². The van der Waals surface area contributed by atoms with Gasteiger partial charge in [0, 0.05) is 31.1 Å². The zero-order valence-corrected chi connectivity index (χ0v) is 13.6. The van der Waals surface area contributed by atoms with Crippen molar-refractivity contribution in [2.45, 2.75) is 57.5 Å². The first-order chi connectivity index (χ1) is 9.92. The van der Waals surface area contributed by atoms with Crippen LogP contribution in [0.5, 0.6) is 0 Å². The Labute approximate surface area is 127 Å². The summed E-state index contributed by atoms with van der Waals surface area (Å²) in [5.74, 6) is 0.351. The Hall–Kier alpha value is -0.660. The minimum atomic E-state index is -3.10. The van der Waals surface area contributed by atoms with E-state index in [0.717, 1.165) is 19.3 Å². The lowest BCUT2D eigenvalue weighted by Crippen LogP contribution is -2.48. The molecule has 0 radical (unpaired) electrons. The van der Waals surface area contributed by atoms with Gasteiger partial charge in [0.1, 0.15) is 0 Å². The number of carbonyl (C=O) groups excluding carboxylic acids is 1. The van der Waals surface area contributed by atoms with Crippen molar-refractivity contribution < 1.29 is 13.2 Å². The maximum atomic E-state index is 12.1. The third kappa shape index (κ3) is 4.40. The van der Waals surface area contributed by atoms with Crippen LogP contribution in [0.2, 0.25) is 0 Å². The number of sulfonamides is 1. The Balaban J connectivity index is 1.78. The predicted octanol–water partition coefficient (Wildman–Crippen LogP) is 0.434. The molecule has 21 heavy (non-hydrogen) atoms. The molecule has 0 aromatic carbocycles. The molecule has 1 amide bonds. The van der Waals surface area contributed by atoms with E-state index in [1.807, 2.05) is 6.92 Å². The predicted molar refractivity (Wildman–Crippen MR) is 82.1 cm³/mol. The summed E-state index contributed by atoms with van der Waals surface area (Å²) in [4.78, 5) is 12.1. The highest BCUT2D eigenvalue weighted by Crippen LogP contribution is 2.25. The van der Waals surface area contributed by atoms with Crippen molar-refractivity contribution in [2.75, 3.05) is 18.8 Å². The molecule has 2 unspecified atom stereocenters. The number of nitrogens with zero attached hydrogens (tertiary/aromatic N) is 1. The van der Waals surface area contributed by atoms with E-state index in [1.54, 1.807) is 4.31 Å². The van der Waals surface area contributed by atoms with E-state index in [9.17, 15) is 13.2 Å². The summed E-state index contributed by atoms with van der Waals surface area (Å²) in [5, 5.41) is 3.07. The van der Waals surface area contributed by atoms with E-state index in [4.69, 9.17) is 5.73 Å². The number of nitrogens with two attached hydrogens (primary N) is 1. The molecule has 1 saturated heterocycles. The van der Waals surface area contributed by atoms with E-state index in [-0.39, 0.29) is 29.7 Å². The Morgan fingerprint density at radius 1 is 1.24 bits per heavy atom. The van der Waals surface area contributed by atoms with Gasteiger partial charge in [0.25, 0.3) is 0 Å². The molecule has 2 atom stereocenters. The maximum absolute atomic E-state index is 12.1. The van der Waals surface area contributed by atoms with Gasteiger partial charge in [-0.25, -0.2) is 12.7 Å². The average molecular weight is 317 g/mol. The second-order valence-corrected chi connectivity index (χ2v) is 8.36. The molecule has 1 heterocycles. The smallest absolute Gasteiger partial charge is 0.223 e. The van der Waals surface area contributed by atoms with Gasteiger partial charge in [-0.15, -0.1) is 0 Å². The van der Waals surface area contributed by atoms with Gasteiger partial charge in [-0.2, -0.15) is 0 Å². The number of amides is 1. The van der Waals surface area contributed by atoms with Gasteiger partial charge < -0.3 is 11.1 Å². The van der Waals surface area contributed by atoms with Gasteiger partial charge in [-0.05, 0) is 38.5 Å². The molecule has 0 spiro atoms. The summed E-state index contributed by atoms with van der Waals surface area (Å²) >= 11 is 0. The molecule has 2 rings (SSSR count). The third-order valence-electron chi connectivity index (χ3n) is 4.50. The van der Waals surface area contributed by atoms with Crippen LogP contribution in [0.15, 0.2) is 0 Å². The number of rotatable bonds is 5. The lowest BCUT2D eigenvalue weighted by molar-refractivity contribution is -0.125. The van der Waals surface area contributed by atoms with E-state index >= 15 is 0 Å². The maximum Gasteiger partial charge on any atom is 0.223 e. The van der Waals surface area contributed by atoms with Crippen LogP contribution in [-0.2, 0) is 14.8 Å². The highest BCUT2D eigenvalue weighted by atomic mass is 32.2. The highest BCUT2D eigenvalue weighted by molar-refractivity contribution is 7.89. The van der Waals surface area contributed by atoms with Crippen molar-refractivity contribution >= 4 is 15.9 Å². The van der Waals surface area contributed by atoms with Crippen molar-refractivity contribution in [2.24, 2.45) is 11.7 Å². The Bertz CT molecular complexity index is 458. The normalized spacial score (nSPS) is 28.7. The van der Waals surface area contributed by atoms with Gasteiger partial charge >= 0.3 is 0 Å². The van der Waals surface area contributed by atoms with Crippen molar-refractivity contribution in [3.8, 4) is 0 Å². The molecule has 1 aliphatic heterocycles. The van der Waals surface area contributed by atoms with Crippen molar-refractivity contribution in [1.82, 2.24) is 9.62 Å². The molecule has 2 aliphatic rings. The summed E-state index contributed by atoms with van der Waals surface area (Å²) in [6.45, 7) is 2.89. The zero-order valence-electron chi connectivity index (χ0n) is 12.8. The number of piperidine rings is 1. The number of hydrogen-bond acceptors (Lipinski definition) is 4. The summed E-state index contributed by atoms with van der Waals surface area (Å²) in [7, 11) is -3.10. The monoisotopic (exact) mass is 317 g/mol. The third-order valence-corrected chi connectivity index (χ3v) is 6.58. The van der Waals surface area contributed by atoms with Crippen LogP contribution < -0.4 is 11.1 Å². The van der Waals surface area contributed by atoms with Crippen molar-refractivity contribution in [1.29, 1.82) is 0 Å². The summed E-state index contributed by atoms with van der Waals surface area (Å²) in [5.41, 5.74) is 5.84. The van der Waals surface area contributed by atoms with Gasteiger partial charge in [0.05, 0.1) is 5.75 Å². The van der Waals surface area contributed by atoms with Gasteiger partial charge in [-0.1, -0.05) is 6.92 Å². The number of nitrogens with one attached hydrogen (secondary N) is 1. The molecule has 7 heteroatoms.